The lowest BCUT2D eigenvalue weighted by molar-refractivity contribution is -0.207. The van der Waals surface area contributed by atoms with Crippen LogP contribution in [0.15, 0.2) is 24.3 Å². The highest BCUT2D eigenvalue weighted by Crippen LogP contribution is 2.19. The van der Waals surface area contributed by atoms with Gasteiger partial charge < -0.3 is 4.89 Å². The number of hydrogen-bond acceptors (Lipinski definition) is 6. The third kappa shape index (κ3) is 10.7. The van der Waals surface area contributed by atoms with Crippen molar-refractivity contribution in [3.05, 3.63) is 29.8 Å². The van der Waals surface area contributed by atoms with Crippen LogP contribution in [0.2, 0.25) is 0 Å². The van der Waals surface area contributed by atoms with Gasteiger partial charge in [0.05, 0.1) is 18.4 Å². The van der Waals surface area contributed by atoms with Crippen LogP contribution in [0.3, 0.4) is 0 Å². The largest absolute Gasteiger partial charge is 0.338 e. The lowest BCUT2D eigenvalue weighted by atomic mass is 9.90. The molecule has 1 aromatic rings. The van der Waals surface area contributed by atoms with Gasteiger partial charge in [-0.05, 0) is 56.2 Å². The van der Waals surface area contributed by atoms with Gasteiger partial charge in [0.1, 0.15) is 23.1 Å². The van der Waals surface area contributed by atoms with Gasteiger partial charge in [0.15, 0.2) is 5.75 Å². The van der Waals surface area contributed by atoms with E-state index in [0.717, 1.165) is 25.7 Å². The number of unbranched alkanes of at least 4 members (excludes halogenated alkanes) is 2. The zero-order chi connectivity index (χ0) is 25.3. The van der Waals surface area contributed by atoms with Crippen LogP contribution in [-0.2, 0) is 30.5 Å². The van der Waals surface area contributed by atoms with Crippen molar-refractivity contribution < 1.29 is 29.0 Å². The normalized spacial score (nSPS) is 11.1. The first-order chi connectivity index (χ1) is 16.4. The zero-order valence-corrected chi connectivity index (χ0v) is 21.4. The summed E-state index contributed by atoms with van der Waals surface area (Å²) in [7, 11) is 0. The Balaban J connectivity index is 2.29. The van der Waals surface area contributed by atoms with E-state index in [-0.39, 0.29) is 23.1 Å². The van der Waals surface area contributed by atoms with Gasteiger partial charge in [-0.25, -0.2) is 0 Å². The molecule has 0 bridgehead atoms. The molecule has 0 unspecified atom stereocenters. The van der Waals surface area contributed by atoms with Gasteiger partial charge in [-0.15, -0.1) is 0 Å². The molecular weight excluding hydrogens is 432 g/mol. The molecule has 0 aromatic heterocycles. The van der Waals surface area contributed by atoms with Gasteiger partial charge in [-0.2, -0.15) is 4.89 Å². The summed E-state index contributed by atoms with van der Waals surface area (Å²) in [5.74, 6) is -0.150. The highest BCUT2D eigenvalue weighted by molar-refractivity contribution is 6.02. The fourth-order valence-electron chi connectivity index (χ4n) is 4.00. The predicted molar refractivity (Wildman–Crippen MR) is 133 cm³/mol. The Bertz CT molecular complexity index is 736. The van der Waals surface area contributed by atoms with Gasteiger partial charge in [0.2, 0.25) is 0 Å². The molecule has 0 fully saturated rings. The molecule has 6 heteroatoms. The van der Waals surface area contributed by atoms with Crippen molar-refractivity contribution in [3.63, 3.8) is 0 Å². The van der Waals surface area contributed by atoms with Gasteiger partial charge in [-0.3, -0.25) is 19.2 Å². The van der Waals surface area contributed by atoms with Gasteiger partial charge in [-0.1, -0.05) is 46.2 Å². The second-order valence-electron chi connectivity index (χ2n) is 8.68. The lowest BCUT2D eigenvalue weighted by Gasteiger charge is -2.13. The maximum Gasteiger partial charge on any atom is 0.165 e. The van der Waals surface area contributed by atoms with Crippen molar-refractivity contribution in [1.82, 2.24) is 0 Å². The van der Waals surface area contributed by atoms with Crippen molar-refractivity contribution >= 4 is 23.1 Å². The number of benzene rings is 1. The van der Waals surface area contributed by atoms with E-state index >= 15 is 0 Å². The van der Waals surface area contributed by atoms with E-state index in [4.69, 9.17) is 9.78 Å². The lowest BCUT2D eigenvalue weighted by Crippen LogP contribution is -2.23. The number of rotatable bonds is 20. The average molecular weight is 475 g/mol. The summed E-state index contributed by atoms with van der Waals surface area (Å²) in [4.78, 5) is 58.5. The summed E-state index contributed by atoms with van der Waals surface area (Å²) >= 11 is 0. The molecule has 0 saturated carbocycles. The summed E-state index contributed by atoms with van der Waals surface area (Å²) in [6.45, 7) is 7.60. The standard InChI is InChI=1S/C28H42O6/c1-5-25(29)23(26(30)6-2)14-10-9-13-21-16-18-22(19-17-21)34-33-20-12-11-15-24(27(31)7-3)28(32)8-4/h16-19,23-24H,5-15,20H2,1-4H3. The maximum atomic E-state index is 12.0. The van der Waals surface area contributed by atoms with Crippen LogP contribution >= 0.6 is 0 Å². The predicted octanol–water partition coefficient (Wildman–Crippen LogP) is 6.03. The molecule has 0 atom stereocenters. The van der Waals surface area contributed by atoms with Crippen molar-refractivity contribution in [2.45, 2.75) is 98.3 Å². The highest BCUT2D eigenvalue weighted by Gasteiger charge is 2.23. The molecule has 0 aliphatic carbocycles. The molecule has 190 valence electrons. The zero-order valence-electron chi connectivity index (χ0n) is 21.4. The minimum atomic E-state index is -0.478. The van der Waals surface area contributed by atoms with Gasteiger partial charge in [0, 0.05) is 25.7 Å². The Labute approximate surface area is 204 Å². The van der Waals surface area contributed by atoms with Gasteiger partial charge >= 0.3 is 0 Å². The van der Waals surface area contributed by atoms with Crippen LogP contribution in [0.1, 0.15) is 97.5 Å². The van der Waals surface area contributed by atoms with E-state index in [0.29, 0.717) is 57.3 Å². The molecule has 0 heterocycles. The molecule has 0 aliphatic rings. The number of Topliss-reactive ketones (excluding diaryl/α,β-unsaturated/α-hetero) is 4. The van der Waals surface area contributed by atoms with Gasteiger partial charge in [0.25, 0.3) is 0 Å². The van der Waals surface area contributed by atoms with E-state index in [1.54, 1.807) is 13.8 Å². The van der Waals surface area contributed by atoms with E-state index in [9.17, 15) is 19.2 Å². The molecule has 0 amide bonds. The first-order valence-electron chi connectivity index (χ1n) is 12.9. The molecule has 0 N–H and O–H groups in total. The van der Waals surface area contributed by atoms with E-state index in [2.05, 4.69) is 0 Å². The van der Waals surface area contributed by atoms with Crippen LogP contribution in [0, 0.1) is 11.8 Å². The quantitative estimate of drug-likeness (QED) is 0.0992. The number of carbonyl (C=O) groups is 4. The Morgan fingerprint density at radius 2 is 1.09 bits per heavy atom. The van der Waals surface area contributed by atoms with E-state index < -0.39 is 11.8 Å². The molecular formula is C28H42O6. The smallest absolute Gasteiger partial charge is 0.165 e. The maximum absolute atomic E-state index is 12.0. The van der Waals surface area contributed by atoms with Crippen molar-refractivity contribution in [2.75, 3.05) is 6.61 Å². The molecule has 0 aliphatic heterocycles. The second kappa shape index (κ2) is 17.1. The summed E-state index contributed by atoms with van der Waals surface area (Å²) in [5.41, 5.74) is 1.17. The van der Waals surface area contributed by atoms with Crippen LogP contribution in [0.5, 0.6) is 5.75 Å². The van der Waals surface area contributed by atoms with Crippen molar-refractivity contribution in [1.29, 1.82) is 0 Å². The Hall–Kier alpha value is -2.34. The number of carbonyl (C=O) groups excluding carboxylic acids is 4. The topological polar surface area (TPSA) is 86.7 Å². The van der Waals surface area contributed by atoms with Crippen molar-refractivity contribution in [3.8, 4) is 5.75 Å². The third-order valence-corrected chi connectivity index (χ3v) is 6.21. The second-order valence-corrected chi connectivity index (χ2v) is 8.68. The summed E-state index contributed by atoms with van der Waals surface area (Å²) in [6.07, 6.45) is 6.90. The average Bonchev–Trinajstić information content (AvgIpc) is 2.87. The monoisotopic (exact) mass is 474 g/mol. The van der Waals surface area contributed by atoms with Crippen LogP contribution in [0.4, 0.5) is 0 Å². The summed E-state index contributed by atoms with van der Waals surface area (Å²) < 4.78 is 0. The molecule has 0 radical (unpaired) electrons. The first kappa shape index (κ1) is 29.7. The molecule has 34 heavy (non-hydrogen) atoms. The first-order valence-corrected chi connectivity index (χ1v) is 12.9. The van der Waals surface area contributed by atoms with E-state index in [1.807, 2.05) is 38.1 Å². The number of aryl methyl sites for hydroxylation is 1. The number of hydrogen-bond donors (Lipinski definition) is 0. The molecule has 0 saturated heterocycles. The molecule has 1 aromatic carbocycles. The van der Waals surface area contributed by atoms with E-state index in [1.165, 1.54) is 5.56 Å². The Morgan fingerprint density at radius 3 is 1.53 bits per heavy atom. The Morgan fingerprint density at radius 1 is 0.647 bits per heavy atom. The Kier molecular flexibility index (Phi) is 15.0. The fraction of sp³-hybridized carbons (Fsp3) is 0.643. The minimum absolute atomic E-state index is 0.0211. The minimum Gasteiger partial charge on any atom is -0.338 e. The summed E-state index contributed by atoms with van der Waals surface area (Å²) in [6, 6.07) is 7.69. The van der Waals surface area contributed by atoms with Crippen LogP contribution in [-0.4, -0.2) is 29.7 Å². The van der Waals surface area contributed by atoms with Crippen LogP contribution in [0.25, 0.3) is 0 Å². The number of ketones is 4. The molecule has 1 rings (SSSR count). The summed E-state index contributed by atoms with van der Waals surface area (Å²) in [5, 5.41) is 0. The highest BCUT2D eigenvalue weighted by atomic mass is 17.2. The molecule has 0 spiro atoms. The third-order valence-electron chi connectivity index (χ3n) is 6.21. The fourth-order valence-corrected chi connectivity index (χ4v) is 4.00. The molecule has 6 nitrogen and oxygen atoms in total. The van der Waals surface area contributed by atoms with Crippen LogP contribution < -0.4 is 4.89 Å². The van der Waals surface area contributed by atoms with Crippen molar-refractivity contribution in [2.24, 2.45) is 11.8 Å². The SMILES string of the molecule is CCC(=O)C(CCCCOOc1ccc(CCCCC(C(=O)CC)C(=O)CC)cc1)C(=O)CC.